The Kier molecular flexibility index (Phi) is 4.95. The molecule has 0 saturated carbocycles. The summed E-state index contributed by atoms with van der Waals surface area (Å²) in [5.74, 6) is -0.141. The number of para-hydroxylation sites is 1. The van der Waals surface area contributed by atoms with Crippen molar-refractivity contribution in [1.29, 1.82) is 0 Å². The third-order valence-corrected chi connectivity index (χ3v) is 4.91. The van der Waals surface area contributed by atoms with E-state index in [0.29, 0.717) is 24.2 Å². The van der Waals surface area contributed by atoms with Crippen LogP contribution in [0.4, 0.5) is 15.9 Å². The van der Waals surface area contributed by atoms with Crippen LogP contribution in [0.15, 0.2) is 60.7 Å². The lowest BCUT2D eigenvalue weighted by Crippen LogP contribution is -2.09. The number of aryl methyl sites for hydroxylation is 1. The highest BCUT2D eigenvalue weighted by Crippen LogP contribution is 2.28. The van der Waals surface area contributed by atoms with Gasteiger partial charge in [-0.25, -0.2) is 9.37 Å². The van der Waals surface area contributed by atoms with Crippen molar-refractivity contribution in [3.63, 3.8) is 0 Å². The first-order chi connectivity index (χ1) is 14.0. The van der Waals surface area contributed by atoms with E-state index < -0.39 is 4.92 Å². The van der Waals surface area contributed by atoms with Crippen LogP contribution in [-0.4, -0.2) is 21.4 Å². The van der Waals surface area contributed by atoms with Gasteiger partial charge >= 0.3 is 5.69 Å². The summed E-state index contributed by atoms with van der Waals surface area (Å²) >= 11 is 0. The van der Waals surface area contributed by atoms with Crippen LogP contribution >= 0.6 is 0 Å². The molecule has 0 bridgehead atoms. The van der Waals surface area contributed by atoms with E-state index in [-0.39, 0.29) is 17.3 Å². The van der Waals surface area contributed by atoms with Crippen molar-refractivity contribution in [3.05, 3.63) is 87.9 Å². The van der Waals surface area contributed by atoms with Crippen LogP contribution in [0, 0.1) is 22.9 Å². The average molecular weight is 390 g/mol. The molecule has 2 aromatic carbocycles. The number of nitrogens with zero attached hydrogens (tertiary/aromatic N) is 2. The smallest absolute Gasteiger partial charge is 0.311 e. The number of halogens is 1. The first-order valence-electron chi connectivity index (χ1n) is 9.24. The van der Waals surface area contributed by atoms with Crippen LogP contribution in [0.5, 0.6) is 0 Å². The van der Waals surface area contributed by atoms with Gasteiger partial charge in [0.15, 0.2) is 0 Å². The second kappa shape index (κ2) is 7.71. The van der Waals surface area contributed by atoms with Crippen molar-refractivity contribution in [2.45, 2.75) is 13.3 Å². The minimum Gasteiger partial charge on any atom is -0.364 e. The summed E-state index contributed by atoms with van der Waals surface area (Å²) in [4.78, 5) is 18.7. The second-order valence-corrected chi connectivity index (χ2v) is 6.78. The highest BCUT2D eigenvalue weighted by atomic mass is 19.1. The summed E-state index contributed by atoms with van der Waals surface area (Å²) in [5, 5.41) is 15.7. The first kappa shape index (κ1) is 18.6. The summed E-state index contributed by atoms with van der Waals surface area (Å²) in [6.07, 6.45) is 0.690. The number of hydrogen-bond donors (Lipinski definition) is 2. The maximum atomic E-state index is 13.2. The number of aromatic amines is 1. The largest absolute Gasteiger partial charge is 0.364 e. The maximum Gasteiger partial charge on any atom is 0.311 e. The molecule has 2 heterocycles. The third kappa shape index (κ3) is 3.80. The molecule has 6 nitrogen and oxygen atoms in total. The number of fused-ring (bicyclic) bond motifs is 1. The van der Waals surface area contributed by atoms with E-state index in [1.165, 1.54) is 23.8 Å². The van der Waals surface area contributed by atoms with Gasteiger partial charge < -0.3 is 10.3 Å². The van der Waals surface area contributed by atoms with Crippen molar-refractivity contribution in [2.75, 3.05) is 11.9 Å². The fraction of sp³-hybridized carbons (Fsp3) is 0.136. The van der Waals surface area contributed by atoms with Gasteiger partial charge in [-0.05, 0) is 55.3 Å². The van der Waals surface area contributed by atoms with Gasteiger partial charge in [0.1, 0.15) is 5.82 Å². The zero-order chi connectivity index (χ0) is 20.4. The number of benzene rings is 2. The lowest BCUT2D eigenvalue weighted by Gasteiger charge is -2.09. The lowest BCUT2D eigenvalue weighted by atomic mass is 10.1. The minimum absolute atomic E-state index is 0.0912. The van der Waals surface area contributed by atoms with Crippen LogP contribution in [0.1, 0.15) is 11.3 Å². The molecule has 146 valence electrons. The summed E-state index contributed by atoms with van der Waals surface area (Å²) in [6.45, 7) is 2.51. The van der Waals surface area contributed by atoms with E-state index in [4.69, 9.17) is 0 Å². The van der Waals surface area contributed by atoms with Crippen LogP contribution in [0.2, 0.25) is 0 Å². The van der Waals surface area contributed by atoms with Gasteiger partial charge in [0, 0.05) is 34.8 Å². The predicted octanol–water partition coefficient (Wildman–Crippen LogP) is 5.24. The molecule has 0 aliphatic heterocycles. The number of nitro groups is 1. The van der Waals surface area contributed by atoms with E-state index in [1.54, 1.807) is 18.2 Å². The van der Waals surface area contributed by atoms with Crippen molar-refractivity contribution in [2.24, 2.45) is 0 Å². The van der Waals surface area contributed by atoms with Gasteiger partial charge in [-0.1, -0.05) is 18.2 Å². The van der Waals surface area contributed by atoms with Gasteiger partial charge in [-0.15, -0.1) is 0 Å². The molecule has 0 spiro atoms. The number of H-pyrrole nitrogens is 1. The van der Waals surface area contributed by atoms with Crippen molar-refractivity contribution in [3.8, 4) is 11.3 Å². The monoisotopic (exact) mass is 390 g/mol. The SMILES string of the molecule is Cc1[nH]c2ccccc2c1CCNc1nc(-c2ccc(F)cc2)ccc1[N+](=O)[O-]. The highest BCUT2D eigenvalue weighted by Gasteiger charge is 2.17. The Morgan fingerprint density at radius 1 is 1.10 bits per heavy atom. The molecule has 0 aliphatic carbocycles. The molecule has 4 rings (SSSR count). The van der Waals surface area contributed by atoms with E-state index in [1.807, 2.05) is 25.1 Å². The number of rotatable bonds is 6. The first-order valence-corrected chi connectivity index (χ1v) is 9.24. The minimum atomic E-state index is -0.458. The molecule has 0 radical (unpaired) electrons. The topological polar surface area (TPSA) is 83.8 Å². The highest BCUT2D eigenvalue weighted by molar-refractivity contribution is 5.84. The third-order valence-electron chi connectivity index (χ3n) is 4.91. The molecule has 0 amide bonds. The number of nitrogens with one attached hydrogen (secondary N) is 2. The van der Waals surface area contributed by atoms with E-state index in [9.17, 15) is 14.5 Å². The summed E-state index contributed by atoms with van der Waals surface area (Å²) < 4.78 is 13.2. The summed E-state index contributed by atoms with van der Waals surface area (Å²) in [5.41, 5.74) is 4.47. The molecule has 29 heavy (non-hydrogen) atoms. The Balaban J connectivity index is 1.58. The fourth-order valence-electron chi connectivity index (χ4n) is 3.47. The van der Waals surface area contributed by atoms with Crippen molar-refractivity contribution in [1.82, 2.24) is 9.97 Å². The summed E-state index contributed by atoms with van der Waals surface area (Å²) in [6, 6.07) is 16.9. The Labute approximate surface area is 166 Å². The zero-order valence-corrected chi connectivity index (χ0v) is 15.8. The predicted molar refractivity (Wildman–Crippen MR) is 112 cm³/mol. The Bertz CT molecular complexity index is 1190. The van der Waals surface area contributed by atoms with Crippen LogP contribution in [0.25, 0.3) is 22.2 Å². The van der Waals surface area contributed by atoms with E-state index in [0.717, 1.165) is 16.6 Å². The van der Waals surface area contributed by atoms with E-state index in [2.05, 4.69) is 21.4 Å². The Hall–Kier alpha value is -3.74. The van der Waals surface area contributed by atoms with Gasteiger partial charge in [-0.2, -0.15) is 0 Å². The maximum absolute atomic E-state index is 13.2. The van der Waals surface area contributed by atoms with Gasteiger partial charge in [-0.3, -0.25) is 10.1 Å². The molecule has 0 saturated heterocycles. The molecule has 4 aromatic rings. The van der Waals surface area contributed by atoms with Crippen LogP contribution < -0.4 is 5.32 Å². The Morgan fingerprint density at radius 2 is 1.86 bits per heavy atom. The lowest BCUT2D eigenvalue weighted by molar-refractivity contribution is -0.384. The van der Waals surface area contributed by atoms with Gasteiger partial charge in [0.05, 0.1) is 10.6 Å². The molecule has 2 N–H and O–H groups in total. The normalized spacial score (nSPS) is 11.0. The number of pyridine rings is 1. The zero-order valence-electron chi connectivity index (χ0n) is 15.8. The molecular weight excluding hydrogens is 371 g/mol. The molecule has 0 unspecified atom stereocenters. The standard InChI is InChI=1S/C22H19FN4O2/c1-14-17(18-4-2-3-5-20(18)25-14)12-13-24-22-21(27(28)29)11-10-19(26-22)15-6-8-16(23)9-7-15/h2-11,25H,12-13H2,1H3,(H,24,26). The van der Waals surface area contributed by atoms with Crippen LogP contribution in [0.3, 0.4) is 0 Å². The second-order valence-electron chi connectivity index (χ2n) is 6.78. The Morgan fingerprint density at radius 3 is 2.62 bits per heavy atom. The number of aromatic nitrogens is 2. The van der Waals surface area contributed by atoms with Gasteiger partial charge in [0.2, 0.25) is 5.82 Å². The quantitative estimate of drug-likeness (QED) is 0.348. The number of anilines is 1. The van der Waals surface area contributed by atoms with E-state index >= 15 is 0 Å². The molecular formula is C22H19FN4O2. The number of hydrogen-bond acceptors (Lipinski definition) is 4. The van der Waals surface area contributed by atoms with Crippen molar-refractivity contribution < 1.29 is 9.31 Å². The molecule has 0 aliphatic rings. The molecule has 0 fully saturated rings. The summed E-state index contributed by atoms with van der Waals surface area (Å²) in [7, 11) is 0. The van der Waals surface area contributed by atoms with Gasteiger partial charge in [0.25, 0.3) is 0 Å². The van der Waals surface area contributed by atoms with Crippen molar-refractivity contribution >= 4 is 22.4 Å². The fourth-order valence-corrected chi connectivity index (χ4v) is 3.47. The molecule has 2 aromatic heterocycles. The molecule has 0 atom stereocenters. The van der Waals surface area contributed by atoms with Crippen LogP contribution in [-0.2, 0) is 6.42 Å². The molecule has 7 heteroatoms. The average Bonchev–Trinajstić information content (AvgIpc) is 3.03.